The van der Waals surface area contributed by atoms with Crippen molar-refractivity contribution in [1.82, 2.24) is 15.5 Å². The highest BCUT2D eigenvalue weighted by Crippen LogP contribution is 2.39. The number of piperidine rings is 1. The number of ether oxygens (including phenoxy) is 1. The molecule has 1 fully saturated rings. The van der Waals surface area contributed by atoms with Gasteiger partial charge in [0.25, 0.3) is 11.8 Å². The van der Waals surface area contributed by atoms with Gasteiger partial charge in [-0.2, -0.15) is 0 Å². The van der Waals surface area contributed by atoms with Crippen LogP contribution in [-0.2, 0) is 14.3 Å². The van der Waals surface area contributed by atoms with Crippen LogP contribution in [0.15, 0.2) is 18.2 Å². The molecule has 2 unspecified atom stereocenters. The van der Waals surface area contributed by atoms with Crippen molar-refractivity contribution in [1.29, 1.82) is 0 Å². The van der Waals surface area contributed by atoms with Crippen molar-refractivity contribution in [2.24, 2.45) is 5.41 Å². The van der Waals surface area contributed by atoms with Crippen LogP contribution in [0.2, 0.25) is 0 Å². The summed E-state index contributed by atoms with van der Waals surface area (Å²) in [5, 5.41) is 13.0. The fourth-order valence-corrected chi connectivity index (χ4v) is 4.34. The molecule has 10 nitrogen and oxygen atoms in total. The van der Waals surface area contributed by atoms with Gasteiger partial charge >= 0.3 is 6.09 Å². The maximum absolute atomic E-state index is 13.1. The molecule has 0 saturated carbocycles. The second kappa shape index (κ2) is 9.70. The summed E-state index contributed by atoms with van der Waals surface area (Å²) in [5.41, 5.74) is 1.20. The number of nitrogens with zero attached hydrogens (tertiary/aromatic N) is 1. The van der Waals surface area contributed by atoms with Crippen LogP contribution in [0.25, 0.3) is 0 Å². The number of imide groups is 2. The summed E-state index contributed by atoms with van der Waals surface area (Å²) in [6, 6.07) is 4.15. The molecular formula is C23H29N3O7. The molecule has 0 aliphatic carbocycles. The molecule has 2 aliphatic rings. The molecule has 0 aromatic heterocycles. The first-order valence-corrected chi connectivity index (χ1v) is 10.9. The molecule has 0 radical (unpaired) electrons. The number of hydrogen-bond acceptors (Lipinski definition) is 6. The highest BCUT2D eigenvalue weighted by molar-refractivity contribution is 6.23. The van der Waals surface area contributed by atoms with Crippen molar-refractivity contribution in [3.05, 3.63) is 34.9 Å². The van der Waals surface area contributed by atoms with Crippen molar-refractivity contribution in [2.75, 3.05) is 19.8 Å². The third-order valence-electron chi connectivity index (χ3n) is 5.99. The van der Waals surface area contributed by atoms with E-state index in [4.69, 9.17) is 9.84 Å². The molecule has 2 heterocycles. The molecule has 0 bridgehead atoms. The Labute approximate surface area is 191 Å². The number of carbonyl (C=O) groups is 5. The van der Waals surface area contributed by atoms with E-state index in [1.807, 2.05) is 6.07 Å². The first kappa shape index (κ1) is 24.4. The summed E-state index contributed by atoms with van der Waals surface area (Å²) in [6.45, 7) is 7.05. The molecule has 1 aromatic carbocycles. The van der Waals surface area contributed by atoms with Crippen LogP contribution >= 0.6 is 0 Å². The topological polar surface area (TPSA) is 142 Å². The second-order valence-electron chi connectivity index (χ2n) is 9.30. The van der Waals surface area contributed by atoms with Crippen LogP contribution < -0.4 is 10.6 Å². The van der Waals surface area contributed by atoms with Gasteiger partial charge in [-0.3, -0.25) is 29.4 Å². The fourth-order valence-electron chi connectivity index (χ4n) is 4.34. The van der Waals surface area contributed by atoms with E-state index in [0.29, 0.717) is 13.0 Å². The zero-order chi connectivity index (χ0) is 24.3. The normalized spacial score (nSPS) is 19.4. The lowest BCUT2D eigenvalue weighted by atomic mass is 9.74. The van der Waals surface area contributed by atoms with E-state index in [-0.39, 0.29) is 48.5 Å². The summed E-state index contributed by atoms with van der Waals surface area (Å²) in [7, 11) is 0. The van der Waals surface area contributed by atoms with Crippen LogP contribution in [0.3, 0.4) is 0 Å². The van der Waals surface area contributed by atoms with Crippen LogP contribution in [-0.4, -0.2) is 65.5 Å². The summed E-state index contributed by atoms with van der Waals surface area (Å²) >= 11 is 0. The minimum absolute atomic E-state index is 0.00258. The zero-order valence-corrected chi connectivity index (χ0v) is 19.0. The Morgan fingerprint density at radius 1 is 1.18 bits per heavy atom. The third-order valence-corrected chi connectivity index (χ3v) is 5.99. The number of carbonyl (C=O) groups excluding carboxylic acids is 4. The van der Waals surface area contributed by atoms with Gasteiger partial charge in [0.15, 0.2) is 0 Å². The largest absolute Gasteiger partial charge is 0.465 e. The van der Waals surface area contributed by atoms with Gasteiger partial charge in [-0.05, 0) is 41.9 Å². The van der Waals surface area contributed by atoms with Gasteiger partial charge in [-0.25, -0.2) is 4.79 Å². The third kappa shape index (κ3) is 5.39. The molecule has 3 N–H and O–H groups in total. The average molecular weight is 459 g/mol. The van der Waals surface area contributed by atoms with Crippen molar-refractivity contribution < 1.29 is 33.8 Å². The zero-order valence-electron chi connectivity index (χ0n) is 19.0. The number of amides is 5. The monoisotopic (exact) mass is 459 g/mol. The van der Waals surface area contributed by atoms with Crippen LogP contribution in [0, 0.1) is 5.41 Å². The molecule has 0 spiro atoms. The first-order valence-electron chi connectivity index (χ1n) is 10.9. The molecule has 1 saturated heterocycles. The van der Waals surface area contributed by atoms with E-state index >= 15 is 0 Å². The Hall–Kier alpha value is -3.27. The highest BCUT2D eigenvalue weighted by atomic mass is 16.5. The fraction of sp³-hybridized carbons (Fsp3) is 0.522. The minimum Gasteiger partial charge on any atom is -0.465 e. The Kier molecular flexibility index (Phi) is 7.16. The second-order valence-corrected chi connectivity index (χ2v) is 9.30. The van der Waals surface area contributed by atoms with Crippen molar-refractivity contribution in [3.8, 4) is 0 Å². The predicted octanol–water partition coefficient (Wildman–Crippen LogP) is 1.89. The van der Waals surface area contributed by atoms with E-state index in [0.717, 1.165) is 10.5 Å². The molecule has 10 heteroatoms. The lowest BCUT2D eigenvalue weighted by molar-refractivity contribution is -0.136. The Balaban J connectivity index is 1.75. The summed E-state index contributed by atoms with van der Waals surface area (Å²) in [5.74, 6) is -2.11. The first-order chi connectivity index (χ1) is 15.5. The highest BCUT2D eigenvalue weighted by Gasteiger charge is 2.45. The summed E-state index contributed by atoms with van der Waals surface area (Å²) in [4.78, 5) is 61.2. The van der Waals surface area contributed by atoms with Crippen molar-refractivity contribution in [2.45, 2.75) is 52.0 Å². The molecule has 5 amide bonds. The van der Waals surface area contributed by atoms with E-state index in [2.05, 4.69) is 31.4 Å². The van der Waals surface area contributed by atoms with Crippen LogP contribution in [0.5, 0.6) is 0 Å². The van der Waals surface area contributed by atoms with E-state index in [9.17, 15) is 24.0 Å². The smallest absolute Gasteiger partial charge is 0.404 e. The Morgan fingerprint density at radius 2 is 1.88 bits per heavy atom. The van der Waals surface area contributed by atoms with E-state index in [1.54, 1.807) is 12.1 Å². The van der Waals surface area contributed by atoms with Gasteiger partial charge in [-0.1, -0.05) is 26.8 Å². The van der Waals surface area contributed by atoms with Gasteiger partial charge < -0.3 is 15.2 Å². The average Bonchev–Trinajstić information content (AvgIpc) is 2.96. The molecule has 1 aromatic rings. The molecule has 33 heavy (non-hydrogen) atoms. The Bertz CT molecular complexity index is 983. The van der Waals surface area contributed by atoms with Gasteiger partial charge in [0.05, 0.1) is 17.7 Å². The summed E-state index contributed by atoms with van der Waals surface area (Å²) < 4.78 is 5.55. The standard InChI is InChI=1S/C23H29N3O7/c1-23(2,3)16(8-10-33-11-9-24-22(31)32)13-4-5-14-15(12-13)21(30)26(20(14)29)17-6-7-18(27)25-19(17)28/h4-5,12,16-17,24H,6-11H2,1-3H3,(H,31,32)(H,25,27,28). The number of carboxylic acid groups (broad SMARTS) is 1. The maximum Gasteiger partial charge on any atom is 0.404 e. The van der Waals surface area contributed by atoms with Gasteiger partial charge in [-0.15, -0.1) is 0 Å². The van der Waals surface area contributed by atoms with Gasteiger partial charge in [0.1, 0.15) is 6.04 Å². The minimum atomic E-state index is -1.10. The van der Waals surface area contributed by atoms with Gasteiger partial charge in [0.2, 0.25) is 11.8 Å². The molecule has 2 atom stereocenters. The SMILES string of the molecule is CC(C)(C)C(CCOCCNC(=O)O)c1ccc2c(c1)C(=O)N(C1CCC(=O)NC1=O)C2=O. The molecule has 2 aliphatic heterocycles. The van der Waals surface area contributed by atoms with Crippen molar-refractivity contribution in [3.63, 3.8) is 0 Å². The predicted molar refractivity (Wildman–Crippen MR) is 117 cm³/mol. The van der Waals surface area contributed by atoms with Gasteiger partial charge in [0, 0.05) is 19.6 Å². The molecular weight excluding hydrogens is 430 g/mol. The number of fused-ring (bicyclic) bond motifs is 1. The van der Waals surface area contributed by atoms with Crippen LogP contribution in [0.1, 0.15) is 72.2 Å². The quantitative estimate of drug-likeness (QED) is 0.398. The number of nitrogens with one attached hydrogen (secondary N) is 2. The van der Waals surface area contributed by atoms with E-state index in [1.165, 1.54) is 0 Å². The van der Waals surface area contributed by atoms with E-state index < -0.39 is 35.8 Å². The summed E-state index contributed by atoms with van der Waals surface area (Å²) in [6.07, 6.45) is -0.283. The molecule has 178 valence electrons. The Morgan fingerprint density at radius 3 is 2.52 bits per heavy atom. The number of benzene rings is 1. The molecule has 3 rings (SSSR count). The number of hydrogen-bond donors (Lipinski definition) is 3. The number of rotatable bonds is 8. The lowest BCUT2D eigenvalue weighted by Gasteiger charge is -2.31. The maximum atomic E-state index is 13.1. The van der Waals surface area contributed by atoms with Crippen molar-refractivity contribution >= 4 is 29.7 Å². The van der Waals surface area contributed by atoms with Crippen LogP contribution in [0.4, 0.5) is 4.79 Å². The lowest BCUT2D eigenvalue weighted by Crippen LogP contribution is -2.54.